The van der Waals surface area contributed by atoms with Crippen LogP contribution in [0.4, 0.5) is 5.69 Å². The first-order valence-corrected chi connectivity index (χ1v) is 11.2. The lowest BCUT2D eigenvalue weighted by molar-refractivity contribution is -0.115. The number of aryl methyl sites for hydroxylation is 1. The standard InChI is InChI=1S/C27H25ClN2O3/c1-4-18-6-5-7-21(14-18)29-26(31)16-23-17(2)30(25-13-12-22(33-3)15-24(23)25)27(32)19-8-10-20(28)11-9-19/h5-15H,4,16H2,1-3H3,(H,29,31). The SMILES string of the molecule is CCc1cccc(NC(=O)Cc2c(C)n(C(=O)c3ccc(Cl)cc3)c3ccc(OC)cc23)c1. The summed E-state index contributed by atoms with van der Waals surface area (Å²) in [7, 11) is 1.59. The number of fused-ring (bicyclic) bond motifs is 1. The summed E-state index contributed by atoms with van der Waals surface area (Å²) in [5.74, 6) is 0.338. The quantitative estimate of drug-likeness (QED) is 0.381. The van der Waals surface area contributed by atoms with E-state index in [1.807, 2.05) is 49.4 Å². The molecule has 4 aromatic rings. The van der Waals surface area contributed by atoms with E-state index in [0.717, 1.165) is 39.8 Å². The molecule has 1 N–H and O–H groups in total. The second kappa shape index (κ2) is 9.51. The van der Waals surface area contributed by atoms with Crippen molar-refractivity contribution in [1.29, 1.82) is 0 Å². The number of halogens is 1. The highest BCUT2D eigenvalue weighted by atomic mass is 35.5. The summed E-state index contributed by atoms with van der Waals surface area (Å²) in [4.78, 5) is 26.4. The highest BCUT2D eigenvalue weighted by molar-refractivity contribution is 6.30. The van der Waals surface area contributed by atoms with Crippen LogP contribution in [0.15, 0.2) is 66.7 Å². The Morgan fingerprint density at radius 3 is 2.48 bits per heavy atom. The number of benzene rings is 3. The van der Waals surface area contributed by atoms with Gasteiger partial charge in [0, 0.05) is 27.4 Å². The number of methoxy groups -OCH3 is 1. The van der Waals surface area contributed by atoms with E-state index >= 15 is 0 Å². The van der Waals surface area contributed by atoms with Crippen molar-refractivity contribution in [2.45, 2.75) is 26.7 Å². The highest BCUT2D eigenvalue weighted by Gasteiger charge is 2.22. The summed E-state index contributed by atoms with van der Waals surface area (Å²) < 4.78 is 7.05. The first kappa shape index (κ1) is 22.6. The van der Waals surface area contributed by atoms with Gasteiger partial charge in [-0.25, -0.2) is 0 Å². The van der Waals surface area contributed by atoms with Gasteiger partial charge in [0.15, 0.2) is 0 Å². The molecule has 3 aromatic carbocycles. The van der Waals surface area contributed by atoms with Gasteiger partial charge in [0.2, 0.25) is 5.91 Å². The lowest BCUT2D eigenvalue weighted by Gasteiger charge is -2.09. The Balaban J connectivity index is 1.74. The molecule has 0 saturated carbocycles. The normalized spacial score (nSPS) is 10.9. The average Bonchev–Trinajstić information content (AvgIpc) is 3.09. The number of amides is 1. The number of carbonyl (C=O) groups is 2. The van der Waals surface area contributed by atoms with Crippen molar-refractivity contribution in [3.8, 4) is 5.75 Å². The number of carbonyl (C=O) groups excluding carboxylic acids is 2. The number of rotatable bonds is 6. The second-order valence-electron chi connectivity index (χ2n) is 7.87. The van der Waals surface area contributed by atoms with Gasteiger partial charge in [0.05, 0.1) is 19.0 Å². The topological polar surface area (TPSA) is 60.3 Å². The Kier molecular flexibility index (Phi) is 6.52. The van der Waals surface area contributed by atoms with Crippen LogP contribution < -0.4 is 10.1 Å². The minimum atomic E-state index is -0.179. The second-order valence-corrected chi connectivity index (χ2v) is 8.31. The maximum Gasteiger partial charge on any atom is 0.262 e. The van der Waals surface area contributed by atoms with Gasteiger partial charge in [-0.2, -0.15) is 0 Å². The molecule has 0 spiro atoms. The molecule has 0 saturated heterocycles. The molecule has 0 aliphatic rings. The molecule has 168 valence electrons. The largest absolute Gasteiger partial charge is 0.497 e. The first-order chi connectivity index (χ1) is 15.9. The summed E-state index contributed by atoms with van der Waals surface area (Å²) in [6, 6.07) is 20.1. The monoisotopic (exact) mass is 460 g/mol. The average molecular weight is 461 g/mol. The number of nitrogens with one attached hydrogen (secondary N) is 1. The van der Waals surface area contributed by atoms with E-state index in [1.54, 1.807) is 35.9 Å². The lowest BCUT2D eigenvalue weighted by atomic mass is 10.1. The molecule has 0 unspecified atom stereocenters. The zero-order valence-electron chi connectivity index (χ0n) is 18.8. The summed E-state index contributed by atoms with van der Waals surface area (Å²) in [5, 5.41) is 4.36. The fraction of sp³-hybridized carbons (Fsp3) is 0.185. The molecule has 33 heavy (non-hydrogen) atoms. The van der Waals surface area contributed by atoms with Gasteiger partial charge in [0.25, 0.3) is 5.91 Å². The Bertz CT molecular complexity index is 1340. The predicted octanol–water partition coefficient (Wildman–Crippen LogP) is 6.04. The third kappa shape index (κ3) is 4.64. The van der Waals surface area contributed by atoms with Crippen LogP contribution in [-0.4, -0.2) is 23.5 Å². The van der Waals surface area contributed by atoms with Gasteiger partial charge in [-0.3, -0.25) is 14.2 Å². The molecule has 0 radical (unpaired) electrons. The minimum absolute atomic E-state index is 0.132. The van der Waals surface area contributed by atoms with E-state index in [2.05, 4.69) is 12.2 Å². The maximum absolute atomic E-state index is 13.4. The molecule has 0 bridgehead atoms. The molecule has 0 fully saturated rings. The first-order valence-electron chi connectivity index (χ1n) is 10.8. The predicted molar refractivity (Wildman–Crippen MR) is 133 cm³/mol. The van der Waals surface area contributed by atoms with Crippen LogP contribution in [0.25, 0.3) is 10.9 Å². The molecule has 0 aliphatic carbocycles. The molecular formula is C27H25ClN2O3. The number of hydrogen-bond acceptors (Lipinski definition) is 3. The summed E-state index contributed by atoms with van der Waals surface area (Å²) in [5.41, 5.74) is 4.66. The van der Waals surface area contributed by atoms with Gasteiger partial charge in [-0.15, -0.1) is 0 Å². The number of hydrogen-bond donors (Lipinski definition) is 1. The Labute approximate surface area is 197 Å². The van der Waals surface area contributed by atoms with E-state index in [9.17, 15) is 9.59 Å². The molecule has 0 atom stereocenters. The van der Waals surface area contributed by atoms with E-state index < -0.39 is 0 Å². The molecule has 6 heteroatoms. The smallest absolute Gasteiger partial charge is 0.262 e. The lowest BCUT2D eigenvalue weighted by Crippen LogP contribution is -2.16. The molecule has 5 nitrogen and oxygen atoms in total. The number of aromatic nitrogens is 1. The third-order valence-corrected chi connectivity index (χ3v) is 6.04. The van der Waals surface area contributed by atoms with Crippen molar-refractivity contribution >= 4 is 40.0 Å². The van der Waals surface area contributed by atoms with E-state index in [-0.39, 0.29) is 18.2 Å². The van der Waals surface area contributed by atoms with Crippen molar-refractivity contribution in [2.75, 3.05) is 12.4 Å². The van der Waals surface area contributed by atoms with Gasteiger partial charge < -0.3 is 10.1 Å². The van der Waals surface area contributed by atoms with Crippen molar-refractivity contribution in [1.82, 2.24) is 4.57 Å². The molecule has 1 amide bonds. The Hall–Kier alpha value is -3.57. The van der Waals surface area contributed by atoms with Crippen molar-refractivity contribution in [2.24, 2.45) is 0 Å². The van der Waals surface area contributed by atoms with Crippen LogP contribution >= 0.6 is 11.6 Å². The van der Waals surface area contributed by atoms with E-state index in [0.29, 0.717) is 16.3 Å². The van der Waals surface area contributed by atoms with Crippen molar-refractivity contribution < 1.29 is 14.3 Å². The fourth-order valence-electron chi connectivity index (χ4n) is 4.03. The van der Waals surface area contributed by atoms with Crippen molar-refractivity contribution in [3.63, 3.8) is 0 Å². The fourth-order valence-corrected chi connectivity index (χ4v) is 4.16. The van der Waals surface area contributed by atoms with Crippen LogP contribution in [0.5, 0.6) is 5.75 Å². The molecule has 1 aromatic heterocycles. The number of nitrogens with zero attached hydrogens (tertiary/aromatic N) is 1. The van der Waals surface area contributed by atoms with Crippen LogP contribution in [0.3, 0.4) is 0 Å². The van der Waals surface area contributed by atoms with Crippen LogP contribution in [-0.2, 0) is 17.6 Å². The molecular weight excluding hydrogens is 436 g/mol. The zero-order valence-corrected chi connectivity index (χ0v) is 19.6. The summed E-state index contributed by atoms with van der Waals surface area (Å²) in [6.07, 6.45) is 1.02. The molecule has 1 heterocycles. The number of ether oxygens (including phenoxy) is 1. The van der Waals surface area contributed by atoms with Gasteiger partial charge in [-0.05, 0) is 79.1 Å². The summed E-state index contributed by atoms with van der Waals surface area (Å²) >= 11 is 5.99. The molecule has 0 aliphatic heterocycles. The number of anilines is 1. The summed E-state index contributed by atoms with van der Waals surface area (Å²) in [6.45, 7) is 3.94. The van der Waals surface area contributed by atoms with E-state index in [1.165, 1.54) is 0 Å². The maximum atomic E-state index is 13.4. The third-order valence-electron chi connectivity index (χ3n) is 5.79. The van der Waals surface area contributed by atoms with Crippen LogP contribution in [0, 0.1) is 6.92 Å². The molecule has 4 rings (SSSR count). The van der Waals surface area contributed by atoms with Crippen LogP contribution in [0.1, 0.15) is 34.1 Å². The minimum Gasteiger partial charge on any atom is -0.497 e. The highest BCUT2D eigenvalue weighted by Crippen LogP contribution is 2.31. The van der Waals surface area contributed by atoms with E-state index in [4.69, 9.17) is 16.3 Å². The van der Waals surface area contributed by atoms with Gasteiger partial charge in [0.1, 0.15) is 5.75 Å². The van der Waals surface area contributed by atoms with Gasteiger partial charge in [-0.1, -0.05) is 30.7 Å². The van der Waals surface area contributed by atoms with Crippen LogP contribution in [0.2, 0.25) is 5.02 Å². The van der Waals surface area contributed by atoms with Crippen molar-refractivity contribution in [3.05, 3.63) is 94.1 Å². The Morgan fingerprint density at radius 1 is 1.03 bits per heavy atom. The zero-order chi connectivity index (χ0) is 23.5. The Morgan fingerprint density at radius 2 is 1.79 bits per heavy atom. The van der Waals surface area contributed by atoms with Gasteiger partial charge >= 0.3 is 0 Å².